The van der Waals surface area contributed by atoms with Crippen LogP contribution in [0.5, 0.6) is 5.75 Å². The molecule has 2 amide bonds. The zero-order chi connectivity index (χ0) is 17.1. The normalized spacial score (nSPS) is 23.2. The fourth-order valence-electron chi connectivity index (χ4n) is 3.22. The van der Waals surface area contributed by atoms with Crippen LogP contribution in [0.15, 0.2) is 24.3 Å². The number of amides is 2. The maximum absolute atomic E-state index is 12.5. The van der Waals surface area contributed by atoms with Crippen molar-refractivity contribution in [3.05, 3.63) is 29.8 Å². The summed E-state index contributed by atoms with van der Waals surface area (Å²) in [4.78, 5) is 28.4. The van der Waals surface area contributed by atoms with Crippen LogP contribution in [0.1, 0.15) is 23.2 Å². The largest absolute Gasteiger partial charge is 0.508 e. The van der Waals surface area contributed by atoms with Gasteiger partial charge < -0.3 is 25.4 Å². The van der Waals surface area contributed by atoms with E-state index in [2.05, 4.69) is 0 Å². The third kappa shape index (κ3) is 4.42. The summed E-state index contributed by atoms with van der Waals surface area (Å²) < 4.78 is 5.66. The average Bonchev–Trinajstić information content (AvgIpc) is 3.10. The van der Waals surface area contributed by atoms with Crippen molar-refractivity contribution in [1.82, 2.24) is 9.80 Å². The molecule has 8 heteroatoms. The smallest absolute Gasteiger partial charge is 0.254 e. The molecule has 2 heterocycles. The van der Waals surface area contributed by atoms with Gasteiger partial charge in [-0.2, -0.15) is 0 Å². The second kappa shape index (κ2) is 8.51. The number of carbonyl (C=O) groups excluding carboxylic acids is 2. The van der Waals surface area contributed by atoms with Crippen LogP contribution in [0, 0.1) is 0 Å². The Balaban J connectivity index is 0.00000225. The van der Waals surface area contributed by atoms with E-state index >= 15 is 0 Å². The lowest BCUT2D eigenvalue weighted by Crippen LogP contribution is -2.53. The average molecular weight is 370 g/mol. The van der Waals surface area contributed by atoms with Crippen molar-refractivity contribution in [2.24, 2.45) is 5.73 Å². The summed E-state index contributed by atoms with van der Waals surface area (Å²) in [6, 6.07) is 6.31. The lowest BCUT2D eigenvalue weighted by molar-refractivity contribution is -0.144. The number of ether oxygens (including phenoxy) is 1. The van der Waals surface area contributed by atoms with Gasteiger partial charge in [0.15, 0.2) is 0 Å². The van der Waals surface area contributed by atoms with Crippen LogP contribution in [-0.4, -0.2) is 71.7 Å². The van der Waals surface area contributed by atoms with Crippen molar-refractivity contribution in [1.29, 1.82) is 0 Å². The molecule has 1 aromatic rings. The minimum absolute atomic E-state index is 0. The Labute approximate surface area is 153 Å². The van der Waals surface area contributed by atoms with Crippen molar-refractivity contribution in [2.75, 3.05) is 32.7 Å². The molecule has 0 saturated carbocycles. The summed E-state index contributed by atoms with van der Waals surface area (Å²) >= 11 is 0. The number of hydrogen-bond donors (Lipinski definition) is 2. The molecule has 7 nitrogen and oxygen atoms in total. The molecule has 2 fully saturated rings. The molecule has 2 saturated heterocycles. The predicted molar refractivity (Wildman–Crippen MR) is 94.8 cm³/mol. The van der Waals surface area contributed by atoms with E-state index in [1.165, 1.54) is 12.1 Å². The summed E-state index contributed by atoms with van der Waals surface area (Å²) in [5.41, 5.74) is 6.04. The molecule has 2 aliphatic heterocycles. The number of nitrogens with two attached hydrogens (primary N) is 1. The molecule has 0 aliphatic carbocycles. The van der Waals surface area contributed by atoms with E-state index in [0.29, 0.717) is 44.7 Å². The molecule has 1 aromatic carbocycles. The molecular formula is C17H24ClN3O4. The quantitative estimate of drug-likeness (QED) is 0.813. The summed E-state index contributed by atoms with van der Waals surface area (Å²) in [6.07, 6.45) is 1.12. The second-order valence-electron chi connectivity index (χ2n) is 6.23. The van der Waals surface area contributed by atoms with Crippen LogP contribution < -0.4 is 5.73 Å². The van der Waals surface area contributed by atoms with Crippen molar-refractivity contribution in [3.8, 4) is 5.75 Å². The number of piperazine rings is 1. The topological polar surface area (TPSA) is 96.1 Å². The molecule has 2 atom stereocenters. The molecule has 2 aliphatic rings. The SMILES string of the molecule is Cl.NC[C@H]1CC[C@@H](C(=O)N2CCN(C(=O)c3cccc(O)c3)CC2)O1. The van der Waals surface area contributed by atoms with Crippen molar-refractivity contribution in [3.63, 3.8) is 0 Å². The van der Waals surface area contributed by atoms with Gasteiger partial charge in [0.2, 0.25) is 0 Å². The zero-order valence-corrected chi connectivity index (χ0v) is 14.8. The molecule has 0 aromatic heterocycles. The predicted octanol–water partition coefficient (Wildman–Crippen LogP) is 0.605. The highest BCUT2D eigenvalue weighted by Gasteiger charge is 2.34. The number of nitrogens with zero attached hydrogens (tertiary/aromatic N) is 2. The van der Waals surface area contributed by atoms with Gasteiger partial charge >= 0.3 is 0 Å². The fourth-order valence-corrected chi connectivity index (χ4v) is 3.22. The molecule has 3 N–H and O–H groups in total. The van der Waals surface area contributed by atoms with E-state index in [0.717, 1.165) is 6.42 Å². The van der Waals surface area contributed by atoms with Crippen LogP contribution in [-0.2, 0) is 9.53 Å². The highest BCUT2D eigenvalue weighted by molar-refractivity contribution is 5.94. The minimum Gasteiger partial charge on any atom is -0.508 e. The van der Waals surface area contributed by atoms with Crippen molar-refractivity contribution < 1.29 is 19.4 Å². The van der Waals surface area contributed by atoms with E-state index < -0.39 is 6.10 Å². The Bertz CT molecular complexity index is 620. The van der Waals surface area contributed by atoms with E-state index in [-0.39, 0.29) is 36.1 Å². The van der Waals surface area contributed by atoms with E-state index in [1.54, 1.807) is 21.9 Å². The third-order valence-electron chi connectivity index (χ3n) is 4.62. The number of benzene rings is 1. The van der Waals surface area contributed by atoms with E-state index in [4.69, 9.17) is 10.5 Å². The van der Waals surface area contributed by atoms with Gasteiger partial charge in [-0.15, -0.1) is 12.4 Å². The summed E-state index contributed by atoms with van der Waals surface area (Å²) in [7, 11) is 0. The molecule has 25 heavy (non-hydrogen) atoms. The van der Waals surface area contributed by atoms with Crippen LogP contribution in [0.3, 0.4) is 0 Å². The summed E-state index contributed by atoms with van der Waals surface area (Å²) in [6.45, 7) is 2.39. The van der Waals surface area contributed by atoms with Gasteiger partial charge in [0.05, 0.1) is 6.10 Å². The Kier molecular flexibility index (Phi) is 6.64. The summed E-state index contributed by atoms with van der Waals surface area (Å²) in [5.74, 6) is -0.0591. The maximum Gasteiger partial charge on any atom is 0.254 e. The van der Waals surface area contributed by atoms with Crippen LogP contribution in [0.4, 0.5) is 0 Å². The molecule has 0 radical (unpaired) electrons. The highest BCUT2D eigenvalue weighted by Crippen LogP contribution is 2.21. The van der Waals surface area contributed by atoms with Crippen molar-refractivity contribution in [2.45, 2.75) is 25.0 Å². The minimum atomic E-state index is -0.396. The van der Waals surface area contributed by atoms with Gasteiger partial charge in [-0.25, -0.2) is 0 Å². The molecular weight excluding hydrogens is 346 g/mol. The van der Waals surface area contributed by atoms with Crippen LogP contribution in [0.25, 0.3) is 0 Å². The third-order valence-corrected chi connectivity index (χ3v) is 4.62. The van der Waals surface area contributed by atoms with E-state index in [9.17, 15) is 14.7 Å². The first-order valence-corrected chi connectivity index (χ1v) is 8.31. The molecule has 138 valence electrons. The zero-order valence-electron chi connectivity index (χ0n) is 14.0. The molecule has 3 rings (SSSR count). The van der Waals surface area contributed by atoms with Crippen LogP contribution in [0.2, 0.25) is 0 Å². The highest BCUT2D eigenvalue weighted by atomic mass is 35.5. The van der Waals surface area contributed by atoms with Gasteiger partial charge in [-0.05, 0) is 31.0 Å². The number of phenols is 1. The van der Waals surface area contributed by atoms with Crippen LogP contribution >= 0.6 is 12.4 Å². The van der Waals surface area contributed by atoms with Gasteiger partial charge in [-0.1, -0.05) is 6.07 Å². The van der Waals surface area contributed by atoms with E-state index in [1.807, 2.05) is 0 Å². The first-order chi connectivity index (χ1) is 11.6. The lowest BCUT2D eigenvalue weighted by Gasteiger charge is -2.35. The number of halogens is 1. The maximum atomic E-state index is 12.5. The van der Waals surface area contributed by atoms with Gasteiger partial charge in [0, 0.05) is 38.3 Å². The monoisotopic (exact) mass is 369 g/mol. The molecule has 0 bridgehead atoms. The Morgan fingerprint density at radius 3 is 2.44 bits per heavy atom. The fraction of sp³-hybridized carbons (Fsp3) is 0.529. The number of aromatic hydroxyl groups is 1. The first kappa shape index (κ1) is 19.5. The van der Waals surface area contributed by atoms with Crippen molar-refractivity contribution >= 4 is 24.2 Å². The number of phenolic OH excluding ortho intramolecular Hbond substituents is 1. The second-order valence-corrected chi connectivity index (χ2v) is 6.23. The number of hydrogen-bond acceptors (Lipinski definition) is 5. The molecule has 0 spiro atoms. The Morgan fingerprint density at radius 1 is 1.16 bits per heavy atom. The Hall–Kier alpha value is -1.83. The number of rotatable bonds is 3. The lowest BCUT2D eigenvalue weighted by atomic mass is 10.1. The van der Waals surface area contributed by atoms with Gasteiger partial charge in [-0.3, -0.25) is 9.59 Å². The van der Waals surface area contributed by atoms with Gasteiger partial charge in [0.1, 0.15) is 11.9 Å². The standard InChI is InChI=1S/C17H23N3O4.ClH/c18-11-14-4-5-15(24-14)17(23)20-8-6-19(7-9-20)16(22)12-2-1-3-13(21)10-12;/h1-3,10,14-15,21H,4-9,11,18H2;1H/t14-,15+;/m1./s1. The first-order valence-electron chi connectivity index (χ1n) is 8.31. The Morgan fingerprint density at radius 2 is 1.84 bits per heavy atom. The molecule has 0 unspecified atom stereocenters. The number of carbonyl (C=O) groups is 2. The summed E-state index contributed by atoms with van der Waals surface area (Å²) in [5, 5.41) is 9.49. The van der Waals surface area contributed by atoms with Gasteiger partial charge in [0.25, 0.3) is 11.8 Å².